The van der Waals surface area contributed by atoms with Gasteiger partial charge in [0.15, 0.2) is 6.20 Å². The minimum atomic E-state index is 0. The first-order valence-electron chi connectivity index (χ1n) is 9.57. The number of benzene rings is 3. The van der Waals surface area contributed by atoms with Crippen LogP contribution in [-0.2, 0) is 13.0 Å². The van der Waals surface area contributed by atoms with Crippen LogP contribution >= 0.6 is 11.8 Å². The van der Waals surface area contributed by atoms with Crippen molar-refractivity contribution in [1.29, 1.82) is 0 Å². The fraction of sp³-hybridized carbons (Fsp3) is 0.160. The highest BCUT2D eigenvalue weighted by atomic mass is 127. The Kier molecular flexibility index (Phi) is 7.92. The third-order valence-electron chi connectivity index (χ3n) is 4.76. The van der Waals surface area contributed by atoms with Crippen LogP contribution in [0.5, 0.6) is 0 Å². The molecule has 0 fully saturated rings. The summed E-state index contributed by atoms with van der Waals surface area (Å²) < 4.78 is 2.42. The Hall–Kier alpha value is -1.85. The Labute approximate surface area is 188 Å². The largest absolute Gasteiger partial charge is 1.00 e. The second-order valence-electron chi connectivity index (χ2n) is 6.79. The van der Waals surface area contributed by atoms with E-state index in [1.807, 2.05) is 11.8 Å². The van der Waals surface area contributed by atoms with E-state index in [1.165, 1.54) is 39.1 Å². The zero-order chi connectivity index (χ0) is 18.3. The number of hydrogen-bond acceptors (Lipinski definition) is 1. The number of unbranched alkanes of at least 4 members (excludes halogenated alkanes) is 1. The minimum absolute atomic E-state index is 0. The molecule has 3 heteroatoms. The monoisotopic (exact) mass is 497 g/mol. The smallest absolute Gasteiger partial charge is 0.212 e. The summed E-state index contributed by atoms with van der Waals surface area (Å²) in [5.74, 6) is 0. The highest BCUT2D eigenvalue weighted by Gasteiger charge is 2.12. The zero-order valence-corrected chi connectivity index (χ0v) is 18.8. The minimum Gasteiger partial charge on any atom is -1.00 e. The molecule has 28 heavy (non-hydrogen) atoms. The van der Waals surface area contributed by atoms with Crippen molar-refractivity contribution >= 4 is 22.7 Å². The fourth-order valence-electron chi connectivity index (χ4n) is 3.41. The van der Waals surface area contributed by atoms with Crippen LogP contribution in [0.1, 0.15) is 18.4 Å². The van der Waals surface area contributed by atoms with Crippen LogP contribution in [0, 0.1) is 0 Å². The maximum absolute atomic E-state index is 2.42. The Morgan fingerprint density at radius 3 is 2.14 bits per heavy atom. The van der Waals surface area contributed by atoms with Crippen molar-refractivity contribution in [1.82, 2.24) is 0 Å². The van der Waals surface area contributed by atoms with Gasteiger partial charge in [0.05, 0.1) is 4.90 Å². The molecule has 142 valence electrons. The Bertz CT molecular complexity index is 1000. The first kappa shape index (κ1) is 20.9. The lowest BCUT2D eigenvalue weighted by Crippen LogP contribution is -3.00. The maximum atomic E-state index is 2.42. The van der Waals surface area contributed by atoms with E-state index in [2.05, 4.69) is 102 Å². The molecule has 0 bridgehead atoms. The molecule has 0 spiro atoms. The molecule has 0 unspecified atom stereocenters. The molecule has 1 nitrogen and oxygen atoms in total. The molecule has 0 aliphatic carbocycles. The van der Waals surface area contributed by atoms with E-state index in [1.54, 1.807) is 0 Å². The van der Waals surface area contributed by atoms with Gasteiger partial charge in [-0.25, -0.2) is 0 Å². The van der Waals surface area contributed by atoms with Gasteiger partial charge < -0.3 is 24.0 Å². The first-order chi connectivity index (χ1) is 13.4. The summed E-state index contributed by atoms with van der Waals surface area (Å²) in [7, 11) is 0. The normalized spacial score (nSPS) is 10.6. The van der Waals surface area contributed by atoms with E-state index in [9.17, 15) is 0 Å². The van der Waals surface area contributed by atoms with Crippen LogP contribution in [0.2, 0.25) is 0 Å². The average molecular weight is 497 g/mol. The van der Waals surface area contributed by atoms with Crippen LogP contribution in [0.25, 0.3) is 10.9 Å². The van der Waals surface area contributed by atoms with Gasteiger partial charge >= 0.3 is 0 Å². The third-order valence-corrected chi connectivity index (χ3v) is 5.73. The number of nitrogens with zero attached hydrogens (tertiary/aromatic N) is 1. The van der Waals surface area contributed by atoms with E-state index in [4.69, 9.17) is 0 Å². The van der Waals surface area contributed by atoms with Gasteiger partial charge in [0.1, 0.15) is 6.54 Å². The summed E-state index contributed by atoms with van der Waals surface area (Å²) in [6.45, 7) is 1.05. The topological polar surface area (TPSA) is 3.88 Å². The highest BCUT2D eigenvalue weighted by molar-refractivity contribution is 7.99. The molecular formula is C25H24INS. The Morgan fingerprint density at radius 2 is 1.36 bits per heavy atom. The number of halogens is 1. The molecule has 0 aliphatic heterocycles. The highest BCUT2D eigenvalue weighted by Crippen LogP contribution is 2.28. The number of para-hydroxylation sites is 1. The summed E-state index contributed by atoms with van der Waals surface area (Å²) >= 11 is 1.83. The van der Waals surface area contributed by atoms with Crippen molar-refractivity contribution in [3.05, 3.63) is 103 Å². The average Bonchev–Trinajstić information content (AvgIpc) is 2.72. The third kappa shape index (κ3) is 5.58. The van der Waals surface area contributed by atoms with Crippen LogP contribution < -0.4 is 28.5 Å². The summed E-state index contributed by atoms with van der Waals surface area (Å²) in [5, 5.41) is 1.31. The van der Waals surface area contributed by atoms with Gasteiger partial charge in [-0.15, -0.1) is 0 Å². The van der Waals surface area contributed by atoms with Crippen molar-refractivity contribution in [3.8, 4) is 0 Å². The number of pyridine rings is 1. The standard InChI is InChI=1S/C25H24NS.HI/c1-3-11-21(12-4-1)13-9-10-18-26-20-24(27-23-15-5-2-6-16-23)19-22-14-7-8-17-25(22)26;/h1-8,11-12,14-17,19-20H,9-10,13,18H2;1H/q+1;/p-1. The summed E-state index contributed by atoms with van der Waals surface area (Å²) in [5.41, 5.74) is 2.75. The Morgan fingerprint density at radius 1 is 0.679 bits per heavy atom. The quantitative estimate of drug-likeness (QED) is 0.215. The van der Waals surface area contributed by atoms with Gasteiger partial charge in [-0.2, -0.15) is 4.57 Å². The van der Waals surface area contributed by atoms with Crippen molar-refractivity contribution < 1.29 is 28.5 Å². The predicted molar refractivity (Wildman–Crippen MR) is 114 cm³/mol. The molecule has 0 saturated heterocycles. The molecule has 0 aliphatic rings. The number of aryl methyl sites for hydroxylation is 2. The molecule has 3 aromatic carbocycles. The molecule has 0 radical (unpaired) electrons. The van der Waals surface area contributed by atoms with E-state index in [-0.39, 0.29) is 24.0 Å². The molecule has 4 aromatic rings. The SMILES string of the molecule is [I-].c1ccc(CCCC[n+]2cc(Sc3ccccc3)cc3ccccc32)cc1. The number of rotatable bonds is 7. The van der Waals surface area contributed by atoms with Gasteiger partial charge in [-0.1, -0.05) is 72.4 Å². The van der Waals surface area contributed by atoms with E-state index >= 15 is 0 Å². The molecule has 0 N–H and O–H groups in total. The van der Waals surface area contributed by atoms with Gasteiger partial charge in [-0.05, 0) is 42.7 Å². The molecule has 0 atom stereocenters. The van der Waals surface area contributed by atoms with Crippen molar-refractivity contribution in [3.63, 3.8) is 0 Å². The van der Waals surface area contributed by atoms with Crippen LogP contribution in [0.3, 0.4) is 0 Å². The molecule has 1 heterocycles. The first-order valence-corrected chi connectivity index (χ1v) is 10.4. The maximum Gasteiger partial charge on any atom is 0.212 e. The fourth-order valence-corrected chi connectivity index (χ4v) is 4.34. The lowest BCUT2D eigenvalue weighted by atomic mass is 10.1. The summed E-state index contributed by atoms with van der Waals surface area (Å²) in [6, 6.07) is 32.4. The molecular weight excluding hydrogens is 473 g/mol. The second kappa shape index (κ2) is 10.6. The summed E-state index contributed by atoms with van der Waals surface area (Å²) in [6.07, 6.45) is 5.85. The van der Waals surface area contributed by atoms with Crippen LogP contribution in [0.15, 0.2) is 107 Å². The number of aromatic nitrogens is 1. The van der Waals surface area contributed by atoms with E-state index in [0.717, 1.165) is 13.0 Å². The molecule has 0 saturated carbocycles. The van der Waals surface area contributed by atoms with E-state index in [0.29, 0.717) is 0 Å². The van der Waals surface area contributed by atoms with Gasteiger partial charge in [-0.3, -0.25) is 0 Å². The van der Waals surface area contributed by atoms with Gasteiger partial charge in [0.25, 0.3) is 0 Å². The van der Waals surface area contributed by atoms with Crippen molar-refractivity contribution in [2.45, 2.75) is 35.6 Å². The number of fused-ring (bicyclic) bond motifs is 1. The lowest BCUT2D eigenvalue weighted by Gasteiger charge is -2.06. The molecule has 4 rings (SSSR count). The van der Waals surface area contributed by atoms with E-state index < -0.39 is 0 Å². The Balaban J connectivity index is 0.00000225. The molecule has 0 amide bonds. The van der Waals surface area contributed by atoms with Crippen molar-refractivity contribution in [2.75, 3.05) is 0 Å². The zero-order valence-electron chi connectivity index (χ0n) is 15.8. The van der Waals surface area contributed by atoms with Crippen molar-refractivity contribution in [2.24, 2.45) is 0 Å². The van der Waals surface area contributed by atoms with Crippen LogP contribution in [-0.4, -0.2) is 0 Å². The van der Waals surface area contributed by atoms with Gasteiger partial charge in [0.2, 0.25) is 5.52 Å². The second-order valence-corrected chi connectivity index (χ2v) is 7.93. The van der Waals surface area contributed by atoms with Gasteiger partial charge in [0, 0.05) is 22.8 Å². The van der Waals surface area contributed by atoms with Crippen LogP contribution in [0.4, 0.5) is 0 Å². The molecule has 1 aromatic heterocycles. The number of hydrogen-bond donors (Lipinski definition) is 0. The summed E-state index contributed by atoms with van der Waals surface area (Å²) in [4.78, 5) is 2.58. The lowest BCUT2D eigenvalue weighted by molar-refractivity contribution is -0.673. The predicted octanol–water partition coefficient (Wildman–Crippen LogP) is 3.31.